The molecular formula is C26H52O2Sn. The molecular weight excluding hydrogens is 463 g/mol. The predicted molar refractivity (Wildman–Crippen MR) is 132 cm³/mol. The Hall–Kier alpha value is 0.00870. The molecule has 29 heavy (non-hydrogen) atoms. The first-order valence-electron chi connectivity index (χ1n) is 13.1. The molecule has 0 unspecified atom stereocenters. The molecule has 0 radical (unpaired) electrons. The molecule has 0 aromatic heterocycles. The fourth-order valence-corrected chi connectivity index (χ4v) is 11.5. The summed E-state index contributed by atoms with van der Waals surface area (Å²) in [6, 6.07) is 0. The normalized spacial score (nSPS) is 11.6. The molecule has 0 aliphatic rings. The monoisotopic (exact) mass is 516 g/mol. The summed E-state index contributed by atoms with van der Waals surface area (Å²) in [5, 5.41) is 0. The van der Waals surface area contributed by atoms with Gasteiger partial charge in [-0.1, -0.05) is 39.0 Å². The van der Waals surface area contributed by atoms with E-state index in [1.807, 2.05) is 0 Å². The number of hydrogen-bond donors (Lipinski definition) is 0. The molecule has 0 amide bonds. The molecule has 172 valence electrons. The first kappa shape index (κ1) is 29.0. The average molecular weight is 515 g/mol. The molecule has 2 nitrogen and oxygen atoms in total. The standard InChI is InChI=1S/C18H34O2.2C4H9.Sn.H/c1-2-3-4-5-6-7-8-9-10-11-12-13-14-15-16-17-18(19)20;2*1-3-4-2;;/h9-10H,2-8,11-17H2,1H3,(H,19,20);2*1,3-4H2,2H3;;/q;;;+1;/p-1/b10-9-;;;;. The number of unbranched alkanes of at least 4 members (excludes halogenated alkanes) is 13. The van der Waals surface area contributed by atoms with Crippen molar-refractivity contribution in [1.82, 2.24) is 0 Å². The van der Waals surface area contributed by atoms with E-state index >= 15 is 0 Å². The molecule has 0 bridgehead atoms. The summed E-state index contributed by atoms with van der Waals surface area (Å²) in [4.78, 5) is 12.1. The van der Waals surface area contributed by atoms with E-state index in [9.17, 15) is 4.79 Å². The van der Waals surface area contributed by atoms with E-state index in [2.05, 4.69) is 32.9 Å². The zero-order valence-corrected chi connectivity index (χ0v) is 23.5. The van der Waals surface area contributed by atoms with Crippen LogP contribution in [0.2, 0.25) is 8.87 Å². The number of rotatable bonds is 22. The van der Waals surface area contributed by atoms with Crippen LogP contribution in [0.15, 0.2) is 12.2 Å². The van der Waals surface area contributed by atoms with Crippen LogP contribution in [0.5, 0.6) is 0 Å². The van der Waals surface area contributed by atoms with E-state index in [0.29, 0.717) is 6.42 Å². The summed E-state index contributed by atoms with van der Waals surface area (Å²) in [5.41, 5.74) is 0. The van der Waals surface area contributed by atoms with Gasteiger partial charge in [0.25, 0.3) is 0 Å². The molecule has 0 spiro atoms. The SMILES string of the molecule is CCCCCCCC/C=C\CCCCCCCC(=O)[O][SnH]([CH2]CCC)[CH2]CCC. The van der Waals surface area contributed by atoms with Crippen molar-refractivity contribution in [3.8, 4) is 0 Å². The zero-order chi connectivity index (χ0) is 21.4. The molecule has 0 fully saturated rings. The summed E-state index contributed by atoms with van der Waals surface area (Å²) in [6.07, 6.45) is 27.3. The van der Waals surface area contributed by atoms with Crippen LogP contribution in [0.1, 0.15) is 136 Å². The molecule has 3 heteroatoms. The topological polar surface area (TPSA) is 26.3 Å². The molecule has 0 aromatic carbocycles. The Labute approximate surface area is 190 Å². The minimum absolute atomic E-state index is 0.121. The number of carbonyl (C=O) groups is 1. The zero-order valence-electron chi connectivity index (χ0n) is 20.2. The fraction of sp³-hybridized carbons (Fsp3) is 0.885. The van der Waals surface area contributed by atoms with Gasteiger partial charge < -0.3 is 0 Å². The van der Waals surface area contributed by atoms with Gasteiger partial charge in [-0.2, -0.15) is 0 Å². The Kier molecular flexibility index (Phi) is 24.3. The van der Waals surface area contributed by atoms with Crippen LogP contribution in [0.3, 0.4) is 0 Å². The molecule has 0 aromatic rings. The van der Waals surface area contributed by atoms with Crippen LogP contribution >= 0.6 is 0 Å². The Morgan fingerprint density at radius 2 is 1.07 bits per heavy atom. The van der Waals surface area contributed by atoms with Crippen LogP contribution in [0, 0.1) is 0 Å². The van der Waals surface area contributed by atoms with Crippen molar-refractivity contribution in [2.45, 2.75) is 145 Å². The molecule has 0 saturated heterocycles. The van der Waals surface area contributed by atoms with Crippen LogP contribution in [-0.2, 0) is 7.87 Å². The summed E-state index contributed by atoms with van der Waals surface area (Å²) >= 11 is -2.01. The van der Waals surface area contributed by atoms with Gasteiger partial charge in [0, 0.05) is 0 Å². The second-order valence-electron chi connectivity index (χ2n) is 8.73. The van der Waals surface area contributed by atoms with Crippen molar-refractivity contribution >= 4 is 26.1 Å². The van der Waals surface area contributed by atoms with Crippen molar-refractivity contribution in [2.24, 2.45) is 0 Å². The van der Waals surface area contributed by atoms with E-state index in [1.54, 1.807) is 0 Å². The van der Waals surface area contributed by atoms with E-state index in [0.717, 1.165) is 6.42 Å². The summed E-state index contributed by atoms with van der Waals surface area (Å²) in [6.45, 7) is 6.74. The van der Waals surface area contributed by atoms with Gasteiger partial charge in [0.15, 0.2) is 0 Å². The summed E-state index contributed by atoms with van der Waals surface area (Å²) in [5.74, 6) is 0.121. The van der Waals surface area contributed by atoms with Gasteiger partial charge in [-0.3, -0.25) is 0 Å². The number of carbonyl (C=O) groups excluding carboxylic acids is 1. The van der Waals surface area contributed by atoms with Gasteiger partial charge in [-0.15, -0.1) is 0 Å². The predicted octanol–water partition coefficient (Wildman–Crippen LogP) is 8.89. The van der Waals surface area contributed by atoms with Crippen LogP contribution in [-0.4, -0.2) is 26.1 Å². The van der Waals surface area contributed by atoms with Crippen molar-refractivity contribution < 1.29 is 7.87 Å². The van der Waals surface area contributed by atoms with Crippen molar-refractivity contribution in [3.63, 3.8) is 0 Å². The van der Waals surface area contributed by atoms with Gasteiger partial charge >= 0.3 is 146 Å². The summed E-state index contributed by atoms with van der Waals surface area (Å²) in [7, 11) is 0. The Balaban J connectivity index is 3.49. The van der Waals surface area contributed by atoms with E-state index in [4.69, 9.17) is 3.07 Å². The van der Waals surface area contributed by atoms with Gasteiger partial charge in [-0.25, -0.2) is 0 Å². The van der Waals surface area contributed by atoms with Crippen molar-refractivity contribution in [3.05, 3.63) is 12.2 Å². The Morgan fingerprint density at radius 1 is 0.621 bits per heavy atom. The molecule has 0 heterocycles. The van der Waals surface area contributed by atoms with Gasteiger partial charge in [0.05, 0.1) is 0 Å². The van der Waals surface area contributed by atoms with Crippen molar-refractivity contribution in [1.29, 1.82) is 0 Å². The van der Waals surface area contributed by atoms with Crippen LogP contribution in [0.25, 0.3) is 0 Å². The van der Waals surface area contributed by atoms with Crippen LogP contribution in [0.4, 0.5) is 0 Å². The van der Waals surface area contributed by atoms with Crippen molar-refractivity contribution in [2.75, 3.05) is 0 Å². The minimum atomic E-state index is -2.01. The molecule has 0 aliphatic heterocycles. The Morgan fingerprint density at radius 3 is 1.59 bits per heavy atom. The quantitative estimate of drug-likeness (QED) is 0.0818. The van der Waals surface area contributed by atoms with E-state index < -0.39 is 20.2 Å². The number of allylic oxidation sites excluding steroid dienone is 2. The van der Waals surface area contributed by atoms with E-state index in [1.165, 1.54) is 112 Å². The fourth-order valence-electron chi connectivity index (χ4n) is 3.71. The van der Waals surface area contributed by atoms with Crippen LogP contribution < -0.4 is 0 Å². The molecule has 0 atom stereocenters. The molecule has 0 aliphatic carbocycles. The van der Waals surface area contributed by atoms with Gasteiger partial charge in [0.2, 0.25) is 0 Å². The second kappa shape index (κ2) is 24.3. The maximum atomic E-state index is 12.1. The van der Waals surface area contributed by atoms with E-state index in [-0.39, 0.29) is 5.97 Å². The molecule has 0 rings (SSSR count). The third kappa shape index (κ3) is 22.5. The van der Waals surface area contributed by atoms with Gasteiger partial charge in [0.1, 0.15) is 0 Å². The first-order valence-corrected chi connectivity index (χ1v) is 19.1. The average Bonchev–Trinajstić information content (AvgIpc) is 2.72. The molecule has 0 N–H and O–H groups in total. The maximum absolute atomic E-state index is 12.1. The summed E-state index contributed by atoms with van der Waals surface area (Å²) < 4.78 is 8.43. The second-order valence-corrected chi connectivity index (χ2v) is 16.2. The first-order chi connectivity index (χ1) is 14.2. The third-order valence-electron chi connectivity index (χ3n) is 5.70. The third-order valence-corrected chi connectivity index (χ3v) is 13.4. The Bertz CT molecular complexity index is 360. The number of hydrogen-bond acceptors (Lipinski definition) is 2. The molecule has 0 saturated carbocycles. The van der Waals surface area contributed by atoms with Gasteiger partial charge in [-0.05, 0) is 6.42 Å².